The second-order valence-electron chi connectivity index (χ2n) is 6.65. The number of nitrogens with one attached hydrogen (secondary N) is 1. The van der Waals surface area contributed by atoms with Crippen LogP contribution in [-0.4, -0.2) is 30.8 Å². The van der Waals surface area contributed by atoms with E-state index in [0.717, 1.165) is 19.6 Å². The van der Waals surface area contributed by atoms with Gasteiger partial charge in [-0.1, -0.05) is 26.0 Å². The maximum Gasteiger partial charge on any atom is 0.0606 e. The van der Waals surface area contributed by atoms with Crippen LogP contribution >= 0.6 is 0 Å². The molecule has 0 aromatic heterocycles. The van der Waals surface area contributed by atoms with E-state index < -0.39 is 0 Å². The maximum atomic E-state index is 9.33. The van der Waals surface area contributed by atoms with Crippen LogP contribution in [0.4, 0.5) is 5.69 Å². The van der Waals surface area contributed by atoms with Crippen LogP contribution in [-0.2, 0) is 6.54 Å². The van der Waals surface area contributed by atoms with E-state index in [1.54, 1.807) is 0 Å². The molecule has 21 heavy (non-hydrogen) atoms. The Morgan fingerprint density at radius 1 is 1.33 bits per heavy atom. The van der Waals surface area contributed by atoms with Crippen molar-refractivity contribution in [3.63, 3.8) is 0 Å². The highest BCUT2D eigenvalue weighted by atomic mass is 16.3. The first-order valence-corrected chi connectivity index (χ1v) is 8.29. The number of hydrogen-bond donors (Lipinski definition) is 2. The molecule has 1 fully saturated rings. The van der Waals surface area contributed by atoms with E-state index in [-0.39, 0.29) is 6.61 Å². The Labute approximate surface area is 129 Å². The van der Waals surface area contributed by atoms with Gasteiger partial charge < -0.3 is 15.3 Å². The van der Waals surface area contributed by atoms with Crippen molar-refractivity contribution in [1.82, 2.24) is 5.32 Å². The predicted octanol–water partition coefficient (Wildman–Crippen LogP) is 3.09. The van der Waals surface area contributed by atoms with Gasteiger partial charge in [0.15, 0.2) is 0 Å². The zero-order valence-electron chi connectivity index (χ0n) is 13.7. The van der Waals surface area contributed by atoms with Crippen LogP contribution < -0.4 is 10.2 Å². The Kier molecular flexibility index (Phi) is 6.07. The van der Waals surface area contributed by atoms with Crippen molar-refractivity contribution in [3.8, 4) is 0 Å². The lowest BCUT2D eigenvalue weighted by atomic mass is 9.90. The van der Waals surface area contributed by atoms with Crippen molar-refractivity contribution >= 4 is 5.69 Å². The minimum atomic E-state index is 0.230. The first kappa shape index (κ1) is 16.3. The highest BCUT2D eigenvalue weighted by Crippen LogP contribution is 2.31. The van der Waals surface area contributed by atoms with Gasteiger partial charge in [0.05, 0.1) is 6.61 Å². The second-order valence-corrected chi connectivity index (χ2v) is 6.65. The molecule has 3 nitrogen and oxygen atoms in total. The zero-order valence-corrected chi connectivity index (χ0v) is 13.7. The largest absolute Gasteiger partial charge is 0.395 e. The minimum Gasteiger partial charge on any atom is -0.395 e. The molecule has 118 valence electrons. The molecule has 0 amide bonds. The summed E-state index contributed by atoms with van der Waals surface area (Å²) in [5.41, 5.74) is 3.95. The Hall–Kier alpha value is -1.06. The predicted molar refractivity (Wildman–Crippen MR) is 89.8 cm³/mol. The monoisotopic (exact) mass is 290 g/mol. The number of aliphatic hydroxyl groups is 1. The summed E-state index contributed by atoms with van der Waals surface area (Å²) >= 11 is 0. The van der Waals surface area contributed by atoms with Gasteiger partial charge in [-0.25, -0.2) is 0 Å². The van der Waals surface area contributed by atoms with Crippen molar-refractivity contribution in [1.29, 1.82) is 0 Å². The Morgan fingerprint density at radius 2 is 2.10 bits per heavy atom. The summed E-state index contributed by atoms with van der Waals surface area (Å²) in [7, 11) is 0. The molecule has 0 radical (unpaired) electrons. The Bertz CT molecular complexity index is 441. The molecule has 2 rings (SSSR count). The van der Waals surface area contributed by atoms with E-state index in [0.29, 0.717) is 12.0 Å². The number of aryl methyl sites for hydroxylation is 1. The number of nitrogens with zero attached hydrogens (tertiary/aromatic N) is 1. The average Bonchev–Trinajstić information content (AvgIpc) is 2.36. The molecule has 3 heteroatoms. The van der Waals surface area contributed by atoms with E-state index in [4.69, 9.17) is 0 Å². The number of benzene rings is 1. The summed E-state index contributed by atoms with van der Waals surface area (Å²) in [5.74, 6) is 0.684. The number of aliphatic hydroxyl groups excluding tert-OH is 1. The van der Waals surface area contributed by atoms with Crippen molar-refractivity contribution in [3.05, 3.63) is 29.3 Å². The zero-order chi connectivity index (χ0) is 15.2. The van der Waals surface area contributed by atoms with Crippen LogP contribution in [0.25, 0.3) is 0 Å². The summed E-state index contributed by atoms with van der Waals surface area (Å²) < 4.78 is 0. The third-order valence-electron chi connectivity index (χ3n) is 4.31. The summed E-state index contributed by atoms with van der Waals surface area (Å²) in [4.78, 5) is 2.39. The van der Waals surface area contributed by atoms with Crippen LogP contribution in [0.2, 0.25) is 0 Å². The molecule has 1 aromatic rings. The fourth-order valence-corrected chi connectivity index (χ4v) is 2.96. The molecule has 0 bridgehead atoms. The standard InChI is InChI=1S/C18H30N2O/c1-14(2)12-19-13-16-7-8-18(15(3)11-16)20(9-10-21)17-5-4-6-17/h7-8,11,14,17,19,21H,4-6,9-10,12-13H2,1-3H3. The van der Waals surface area contributed by atoms with Crippen molar-refractivity contribution in [2.75, 3.05) is 24.6 Å². The van der Waals surface area contributed by atoms with Gasteiger partial charge in [-0.15, -0.1) is 0 Å². The molecular weight excluding hydrogens is 260 g/mol. The van der Waals surface area contributed by atoms with Gasteiger partial charge >= 0.3 is 0 Å². The molecule has 0 atom stereocenters. The second kappa shape index (κ2) is 7.81. The smallest absolute Gasteiger partial charge is 0.0606 e. The van der Waals surface area contributed by atoms with Gasteiger partial charge in [0.2, 0.25) is 0 Å². The van der Waals surface area contributed by atoms with E-state index >= 15 is 0 Å². The molecule has 1 aliphatic rings. The number of anilines is 1. The summed E-state index contributed by atoms with van der Waals surface area (Å²) in [6.45, 7) is 9.61. The van der Waals surface area contributed by atoms with Crippen LogP contribution in [0, 0.1) is 12.8 Å². The van der Waals surface area contributed by atoms with Crippen molar-refractivity contribution in [2.24, 2.45) is 5.92 Å². The van der Waals surface area contributed by atoms with Gasteiger partial charge in [-0.3, -0.25) is 0 Å². The molecule has 1 saturated carbocycles. The van der Waals surface area contributed by atoms with Crippen LogP contribution in [0.15, 0.2) is 18.2 Å². The molecule has 0 spiro atoms. The summed E-state index contributed by atoms with van der Waals surface area (Å²) in [6, 6.07) is 7.36. The molecule has 1 aliphatic carbocycles. The first-order valence-electron chi connectivity index (χ1n) is 8.29. The van der Waals surface area contributed by atoms with Gasteiger partial charge in [0.25, 0.3) is 0 Å². The van der Waals surface area contributed by atoms with E-state index in [9.17, 15) is 5.11 Å². The third kappa shape index (κ3) is 4.45. The summed E-state index contributed by atoms with van der Waals surface area (Å²) in [6.07, 6.45) is 3.84. The van der Waals surface area contributed by atoms with E-state index in [1.165, 1.54) is 36.1 Å². The lowest BCUT2D eigenvalue weighted by molar-refractivity contribution is 0.283. The van der Waals surface area contributed by atoms with Crippen LogP contribution in [0.1, 0.15) is 44.2 Å². The molecule has 0 saturated heterocycles. The molecule has 0 aliphatic heterocycles. The SMILES string of the molecule is Cc1cc(CNCC(C)C)ccc1N(CCO)C1CCC1. The fraction of sp³-hybridized carbons (Fsp3) is 0.667. The van der Waals surface area contributed by atoms with Gasteiger partial charge in [-0.05, 0) is 55.8 Å². The molecule has 1 aromatic carbocycles. The van der Waals surface area contributed by atoms with Crippen molar-refractivity contribution < 1.29 is 5.11 Å². The van der Waals surface area contributed by atoms with Crippen LogP contribution in [0.3, 0.4) is 0 Å². The highest BCUT2D eigenvalue weighted by Gasteiger charge is 2.25. The lowest BCUT2D eigenvalue weighted by Gasteiger charge is -2.39. The molecular formula is C18H30N2O. The van der Waals surface area contributed by atoms with Gasteiger partial charge in [0.1, 0.15) is 0 Å². The molecule has 0 heterocycles. The quantitative estimate of drug-likeness (QED) is 0.772. The fourth-order valence-electron chi connectivity index (χ4n) is 2.96. The number of rotatable bonds is 8. The van der Waals surface area contributed by atoms with E-state index in [1.807, 2.05) is 0 Å². The third-order valence-corrected chi connectivity index (χ3v) is 4.31. The van der Waals surface area contributed by atoms with Crippen LogP contribution in [0.5, 0.6) is 0 Å². The molecule has 2 N–H and O–H groups in total. The van der Waals surface area contributed by atoms with Gasteiger partial charge in [0, 0.05) is 24.8 Å². The number of hydrogen-bond acceptors (Lipinski definition) is 3. The highest BCUT2D eigenvalue weighted by molar-refractivity contribution is 5.55. The Morgan fingerprint density at radius 3 is 2.62 bits per heavy atom. The van der Waals surface area contributed by atoms with Crippen molar-refractivity contribution in [2.45, 2.75) is 52.6 Å². The minimum absolute atomic E-state index is 0.230. The first-order chi connectivity index (χ1) is 10.1. The molecule has 0 unspecified atom stereocenters. The average molecular weight is 290 g/mol. The summed E-state index contributed by atoms with van der Waals surface area (Å²) in [5, 5.41) is 12.8. The normalized spacial score (nSPS) is 15.3. The topological polar surface area (TPSA) is 35.5 Å². The van der Waals surface area contributed by atoms with E-state index in [2.05, 4.69) is 49.2 Å². The van der Waals surface area contributed by atoms with Gasteiger partial charge in [-0.2, -0.15) is 0 Å². The Balaban J connectivity index is 2.02. The maximum absolute atomic E-state index is 9.33. The lowest BCUT2D eigenvalue weighted by Crippen LogP contribution is -2.42.